The molecule has 1 aromatic heterocycles. The number of ether oxygens (including phenoxy) is 1. The summed E-state index contributed by atoms with van der Waals surface area (Å²) in [6.45, 7) is 6.21. The zero-order valence-electron chi connectivity index (χ0n) is 19.2. The van der Waals surface area contributed by atoms with Gasteiger partial charge in [-0.2, -0.15) is 0 Å². The van der Waals surface area contributed by atoms with Gasteiger partial charge >= 0.3 is 0 Å². The molecule has 4 atom stereocenters. The van der Waals surface area contributed by atoms with Gasteiger partial charge < -0.3 is 10.1 Å². The van der Waals surface area contributed by atoms with Crippen LogP contribution in [0.5, 0.6) is 5.75 Å². The second kappa shape index (κ2) is 8.57. The van der Waals surface area contributed by atoms with E-state index in [1.165, 1.54) is 25.7 Å². The molecule has 1 amide bonds. The van der Waals surface area contributed by atoms with E-state index in [0.29, 0.717) is 11.5 Å². The van der Waals surface area contributed by atoms with Gasteiger partial charge in [0.2, 0.25) is 0 Å². The maximum Gasteiger partial charge on any atom is 0.252 e. The molecule has 1 heterocycles. The highest BCUT2D eigenvalue weighted by molar-refractivity contribution is 6.07. The normalized spacial score (nSPS) is 22.9. The number of carbonyl (C=O) groups excluding carboxylic acids is 1. The molecule has 2 aromatic carbocycles. The van der Waals surface area contributed by atoms with E-state index in [9.17, 15) is 4.79 Å². The van der Waals surface area contributed by atoms with Crippen LogP contribution < -0.4 is 10.1 Å². The Balaban J connectivity index is 1.46. The van der Waals surface area contributed by atoms with Crippen molar-refractivity contribution >= 4 is 16.8 Å². The minimum absolute atomic E-state index is 0.00490. The highest BCUT2D eigenvalue weighted by Crippen LogP contribution is 2.49. The second-order valence-electron chi connectivity index (χ2n) is 9.87. The van der Waals surface area contributed by atoms with E-state index in [0.717, 1.165) is 39.7 Å². The van der Waals surface area contributed by atoms with Crippen LogP contribution in [-0.2, 0) is 0 Å². The Bertz CT molecular complexity index is 1140. The third kappa shape index (κ3) is 4.11. The third-order valence-corrected chi connectivity index (χ3v) is 7.26. The summed E-state index contributed by atoms with van der Waals surface area (Å²) in [6.07, 6.45) is 5.41. The van der Waals surface area contributed by atoms with Gasteiger partial charge in [0, 0.05) is 17.0 Å². The Hall–Kier alpha value is -2.88. The van der Waals surface area contributed by atoms with Gasteiger partial charge in [-0.25, -0.2) is 4.98 Å². The van der Waals surface area contributed by atoms with E-state index >= 15 is 0 Å². The average Bonchev–Trinajstić information content (AvgIpc) is 3.42. The Morgan fingerprint density at radius 2 is 1.88 bits per heavy atom. The minimum atomic E-state index is -0.00490. The Morgan fingerprint density at radius 3 is 2.62 bits per heavy atom. The van der Waals surface area contributed by atoms with Gasteiger partial charge in [0.05, 0.1) is 22.9 Å². The molecule has 166 valence electrons. The van der Waals surface area contributed by atoms with E-state index in [2.05, 4.69) is 12.2 Å². The number of nitrogens with one attached hydrogen (secondary N) is 1. The van der Waals surface area contributed by atoms with Gasteiger partial charge in [-0.3, -0.25) is 4.79 Å². The van der Waals surface area contributed by atoms with Crippen LogP contribution >= 0.6 is 0 Å². The molecule has 32 heavy (non-hydrogen) atoms. The lowest BCUT2D eigenvalue weighted by Gasteiger charge is -2.28. The minimum Gasteiger partial charge on any atom is -0.491 e. The first-order valence-corrected chi connectivity index (χ1v) is 12.0. The molecule has 3 aromatic rings. The number of hydrogen-bond acceptors (Lipinski definition) is 3. The monoisotopic (exact) mass is 428 g/mol. The summed E-state index contributed by atoms with van der Waals surface area (Å²) < 4.78 is 5.87. The molecule has 2 saturated carbocycles. The molecule has 0 radical (unpaired) electrons. The summed E-state index contributed by atoms with van der Waals surface area (Å²) in [7, 11) is 0. The van der Waals surface area contributed by atoms with Gasteiger partial charge in [0.25, 0.3) is 5.91 Å². The van der Waals surface area contributed by atoms with E-state index in [1.54, 1.807) is 0 Å². The molecule has 0 aliphatic heterocycles. The number of nitrogens with zero attached hydrogens (tertiary/aromatic N) is 1. The zero-order valence-corrected chi connectivity index (χ0v) is 19.2. The summed E-state index contributed by atoms with van der Waals surface area (Å²) >= 11 is 0. The van der Waals surface area contributed by atoms with E-state index < -0.39 is 0 Å². The average molecular weight is 429 g/mol. The second-order valence-corrected chi connectivity index (χ2v) is 9.87. The number of hydrogen-bond donors (Lipinski definition) is 1. The Kier molecular flexibility index (Phi) is 5.62. The number of carbonyl (C=O) groups is 1. The van der Waals surface area contributed by atoms with Crippen LogP contribution in [0, 0.1) is 17.8 Å². The first-order chi connectivity index (χ1) is 15.5. The zero-order chi connectivity index (χ0) is 22.2. The van der Waals surface area contributed by atoms with Crippen LogP contribution in [0.25, 0.3) is 22.2 Å². The highest BCUT2D eigenvalue weighted by Gasteiger charge is 2.42. The van der Waals surface area contributed by atoms with Crippen molar-refractivity contribution in [3.8, 4) is 17.0 Å². The van der Waals surface area contributed by atoms with Crippen molar-refractivity contribution in [1.82, 2.24) is 10.3 Å². The number of para-hydroxylation sites is 1. The molecule has 2 aliphatic rings. The first-order valence-electron chi connectivity index (χ1n) is 12.0. The van der Waals surface area contributed by atoms with Crippen molar-refractivity contribution in [2.45, 2.75) is 58.6 Å². The lowest BCUT2D eigenvalue weighted by molar-refractivity contribution is 0.0917. The number of aromatic nitrogens is 1. The van der Waals surface area contributed by atoms with Crippen LogP contribution in [0.2, 0.25) is 0 Å². The number of amides is 1. The molecule has 0 unspecified atom stereocenters. The third-order valence-electron chi connectivity index (χ3n) is 7.26. The molecule has 4 nitrogen and oxygen atoms in total. The first kappa shape index (κ1) is 21.0. The molecular formula is C28H32N2O2. The van der Waals surface area contributed by atoms with Gasteiger partial charge in [-0.05, 0) is 82.1 Å². The van der Waals surface area contributed by atoms with Crippen molar-refractivity contribution in [2.75, 3.05) is 0 Å². The molecule has 0 saturated heterocycles. The van der Waals surface area contributed by atoms with E-state index in [1.807, 2.05) is 68.4 Å². The van der Waals surface area contributed by atoms with Gasteiger partial charge in [-0.15, -0.1) is 0 Å². The van der Waals surface area contributed by atoms with Crippen molar-refractivity contribution in [3.63, 3.8) is 0 Å². The summed E-state index contributed by atoms with van der Waals surface area (Å²) in [6, 6.07) is 18.0. The summed E-state index contributed by atoms with van der Waals surface area (Å²) in [5.74, 6) is 3.06. The van der Waals surface area contributed by atoms with Crippen LogP contribution in [0.1, 0.15) is 56.8 Å². The quantitative estimate of drug-likeness (QED) is 0.505. The number of pyridine rings is 1. The Morgan fingerprint density at radius 1 is 1.03 bits per heavy atom. The highest BCUT2D eigenvalue weighted by atomic mass is 16.5. The fraction of sp³-hybridized carbons (Fsp3) is 0.429. The van der Waals surface area contributed by atoms with Crippen LogP contribution in [0.15, 0.2) is 54.6 Å². The fourth-order valence-corrected chi connectivity index (χ4v) is 5.81. The summed E-state index contributed by atoms with van der Waals surface area (Å²) in [4.78, 5) is 18.3. The predicted octanol–water partition coefficient (Wildman–Crippen LogP) is 6.24. The van der Waals surface area contributed by atoms with Crippen molar-refractivity contribution in [1.29, 1.82) is 0 Å². The molecule has 0 spiro atoms. The van der Waals surface area contributed by atoms with Crippen molar-refractivity contribution in [3.05, 3.63) is 60.2 Å². The van der Waals surface area contributed by atoms with Crippen LogP contribution in [0.4, 0.5) is 0 Å². The van der Waals surface area contributed by atoms with Gasteiger partial charge in [-0.1, -0.05) is 36.8 Å². The standard InChI is InChI=1S/C28H32N2O2/c1-17(2)32-22-8-6-7-21(15-22)27-16-25(23-9-4-5-10-26(23)30-27)28(31)29-18(3)24-14-19-11-12-20(24)13-19/h4-10,15-20,24H,11-14H2,1-3H3,(H,29,31)/t18-,19+,20+,24+/m1/s1. The van der Waals surface area contributed by atoms with E-state index in [4.69, 9.17) is 9.72 Å². The SMILES string of the molecule is CC(C)Oc1cccc(-c2cc(C(=O)N[C@H](C)[C@@H]3C[C@H]4CC[C@H]3C4)c3ccccc3n2)c1. The van der Waals surface area contributed by atoms with Gasteiger partial charge in [0.1, 0.15) is 5.75 Å². The number of fused-ring (bicyclic) bond motifs is 3. The van der Waals surface area contributed by atoms with Crippen LogP contribution in [-0.4, -0.2) is 23.0 Å². The largest absolute Gasteiger partial charge is 0.491 e. The lowest BCUT2D eigenvalue weighted by Crippen LogP contribution is -2.40. The molecule has 2 fully saturated rings. The van der Waals surface area contributed by atoms with Crippen molar-refractivity contribution in [2.24, 2.45) is 17.8 Å². The predicted molar refractivity (Wildman–Crippen MR) is 129 cm³/mol. The topological polar surface area (TPSA) is 51.2 Å². The maximum atomic E-state index is 13.5. The molecule has 2 bridgehead atoms. The molecule has 5 rings (SSSR count). The molecule has 1 N–H and O–H groups in total. The maximum absolute atomic E-state index is 13.5. The van der Waals surface area contributed by atoms with Crippen LogP contribution in [0.3, 0.4) is 0 Å². The van der Waals surface area contributed by atoms with Gasteiger partial charge in [0.15, 0.2) is 0 Å². The van der Waals surface area contributed by atoms with Crippen molar-refractivity contribution < 1.29 is 9.53 Å². The molecule has 2 aliphatic carbocycles. The lowest BCUT2D eigenvalue weighted by atomic mass is 9.84. The van der Waals surface area contributed by atoms with E-state index in [-0.39, 0.29) is 18.1 Å². The number of benzene rings is 2. The molecule has 4 heteroatoms. The fourth-order valence-electron chi connectivity index (χ4n) is 5.81. The summed E-state index contributed by atoms with van der Waals surface area (Å²) in [5.41, 5.74) is 3.26. The molecular weight excluding hydrogens is 396 g/mol. The summed E-state index contributed by atoms with van der Waals surface area (Å²) in [5, 5.41) is 4.23. The smallest absolute Gasteiger partial charge is 0.252 e. The Labute approximate surface area is 190 Å². The number of rotatable bonds is 6.